The van der Waals surface area contributed by atoms with Crippen LogP contribution in [0, 0.1) is 0 Å². The van der Waals surface area contributed by atoms with Crippen molar-refractivity contribution in [2.45, 2.75) is 31.5 Å². The first-order valence-electron chi connectivity index (χ1n) is 11.6. The van der Waals surface area contributed by atoms with Gasteiger partial charge in [0, 0.05) is 30.3 Å². The number of hydrogen-bond acceptors (Lipinski definition) is 5. The highest BCUT2D eigenvalue weighted by Gasteiger charge is 2.56. The predicted octanol–water partition coefficient (Wildman–Crippen LogP) is 3.79. The normalized spacial score (nSPS) is 25.1. The lowest BCUT2D eigenvalue weighted by atomic mass is 10.0. The molecule has 0 aromatic heterocycles. The number of rotatable bonds is 3. The van der Waals surface area contributed by atoms with E-state index in [0.717, 1.165) is 46.0 Å². The molecule has 6 rings (SSSR count). The van der Waals surface area contributed by atoms with Gasteiger partial charge in [0.25, 0.3) is 5.91 Å². The molecule has 3 saturated heterocycles. The molecule has 3 aromatic carbocycles. The smallest absolute Gasteiger partial charge is 0.328 e. The Kier molecular flexibility index (Phi) is 5.32. The van der Waals surface area contributed by atoms with Crippen LogP contribution < -0.4 is 10.2 Å². The zero-order valence-corrected chi connectivity index (χ0v) is 20.5. The second kappa shape index (κ2) is 8.37. The fourth-order valence-corrected chi connectivity index (χ4v) is 5.83. The number of urea groups is 1. The zero-order valence-electron chi connectivity index (χ0n) is 18.9. The summed E-state index contributed by atoms with van der Waals surface area (Å²) in [6, 6.07) is 21.7. The minimum atomic E-state index is -0.416. The SMILES string of the molecule is CN1C(=O)N(Cc2cccc3ccccc23)C(=O)C2C1NC1N(c3ccc(Br)cc3)CCCN21. The van der Waals surface area contributed by atoms with Gasteiger partial charge in [0.2, 0.25) is 0 Å². The van der Waals surface area contributed by atoms with Gasteiger partial charge >= 0.3 is 6.03 Å². The van der Waals surface area contributed by atoms with Crippen LogP contribution in [0.4, 0.5) is 10.5 Å². The summed E-state index contributed by atoms with van der Waals surface area (Å²) in [5.74, 6) is -0.131. The fraction of sp³-hybridized carbons (Fsp3) is 0.308. The summed E-state index contributed by atoms with van der Waals surface area (Å²) in [6.07, 6.45) is 0.456. The van der Waals surface area contributed by atoms with Crippen LogP contribution in [-0.2, 0) is 11.3 Å². The molecule has 8 heteroatoms. The minimum absolute atomic E-state index is 0.131. The molecule has 0 saturated carbocycles. The maximum Gasteiger partial charge on any atom is 0.328 e. The molecule has 34 heavy (non-hydrogen) atoms. The van der Waals surface area contributed by atoms with Gasteiger partial charge in [0.1, 0.15) is 18.5 Å². The van der Waals surface area contributed by atoms with Gasteiger partial charge < -0.3 is 9.80 Å². The number of benzene rings is 3. The summed E-state index contributed by atoms with van der Waals surface area (Å²) in [7, 11) is 1.79. The Labute approximate surface area is 207 Å². The van der Waals surface area contributed by atoms with E-state index < -0.39 is 6.04 Å². The highest BCUT2D eigenvalue weighted by atomic mass is 79.9. The van der Waals surface area contributed by atoms with Crippen LogP contribution in [0.25, 0.3) is 10.8 Å². The highest BCUT2D eigenvalue weighted by molar-refractivity contribution is 9.10. The number of halogens is 1. The molecule has 3 aliphatic heterocycles. The van der Waals surface area contributed by atoms with Crippen molar-refractivity contribution in [1.82, 2.24) is 20.0 Å². The van der Waals surface area contributed by atoms with E-state index in [2.05, 4.69) is 55.3 Å². The van der Waals surface area contributed by atoms with Crippen LogP contribution in [-0.4, -0.2) is 65.3 Å². The van der Waals surface area contributed by atoms with Crippen molar-refractivity contribution in [3.8, 4) is 0 Å². The fourth-order valence-electron chi connectivity index (χ4n) is 5.56. The molecular formula is C26H26BrN5O2. The number of carbonyl (C=O) groups is 2. The number of imide groups is 1. The summed E-state index contributed by atoms with van der Waals surface area (Å²) in [6.45, 7) is 1.96. The quantitative estimate of drug-likeness (QED) is 0.570. The first-order chi connectivity index (χ1) is 16.5. The molecule has 3 atom stereocenters. The van der Waals surface area contributed by atoms with Crippen LogP contribution in [0.5, 0.6) is 0 Å². The molecule has 1 N–H and O–H groups in total. The van der Waals surface area contributed by atoms with Gasteiger partial charge in [-0.25, -0.2) is 4.79 Å². The molecule has 0 spiro atoms. The molecule has 3 unspecified atom stereocenters. The molecule has 174 valence electrons. The molecule has 0 radical (unpaired) electrons. The summed E-state index contributed by atoms with van der Waals surface area (Å²) in [5.41, 5.74) is 2.07. The molecule has 0 bridgehead atoms. The first kappa shape index (κ1) is 21.6. The van der Waals surface area contributed by atoms with Gasteiger partial charge in [0.05, 0.1) is 6.54 Å². The van der Waals surface area contributed by atoms with Crippen LogP contribution in [0.2, 0.25) is 0 Å². The topological polar surface area (TPSA) is 59.1 Å². The van der Waals surface area contributed by atoms with Crippen molar-refractivity contribution in [2.24, 2.45) is 0 Å². The second-order valence-corrected chi connectivity index (χ2v) is 10.1. The van der Waals surface area contributed by atoms with Crippen molar-refractivity contribution in [1.29, 1.82) is 0 Å². The van der Waals surface area contributed by atoms with Crippen molar-refractivity contribution in [3.63, 3.8) is 0 Å². The third-order valence-electron chi connectivity index (χ3n) is 7.24. The van der Waals surface area contributed by atoms with Gasteiger partial charge in [-0.05, 0) is 47.0 Å². The maximum absolute atomic E-state index is 13.8. The second-order valence-electron chi connectivity index (χ2n) is 9.15. The summed E-state index contributed by atoms with van der Waals surface area (Å²) in [5, 5.41) is 5.75. The predicted molar refractivity (Wildman–Crippen MR) is 135 cm³/mol. The van der Waals surface area contributed by atoms with E-state index in [4.69, 9.17) is 0 Å². The van der Waals surface area contributed by atoms with E-state index in [1.165, 1.54) is 4.90 Å². The summed E-state index contributed by atoms with van der Waals surface area (Å²) >= 11 is 3.51. The van der Waals surface area contributed by atoms with Gasteiger partial charge in [0.15, 0.2) is 0 Å². The van der Waals surface area contributed by atoms with Crippen molar-refractivity contribution in [2.75, 3.05) is 25.0 Å². The summed E-state index contributed by atoms with van der Waals surface area (Å²) < 4.78 is 1.03. The van der Waals surface area contributed by atoms with Crippen molar-refractivity contribution >= 4 is 44.3 Å². The molecule has 7 nitrogen and oxygen atoms in total. The third kappa shape index (κ3) is 3.40. The monoisotopic (exact) mass is 519 g/mol. The van der Waals surface area contributed by atoms with Gasteiger partial charge in [-0.3, -0.25) is 19.9 Å². The largest absolute Gasteiger partial charge is 0.343 e. The molecule has 3 aliphatic rings. The van der Waals surface area contributed by atoms with E-state index in [-0.39, 0.29) is 30.9 Å². The van der Waals surface area contributed by atoms with E-state index in [1.807, 2.05) is 42.5 Å². The number of likely N-dealkylation sites (N-methyl/N-ethyl adjacent to an activating group) is 1. The lowest BCUT2D eigenvalue weighted by molar-refractivity contribution is -0.139. The Morgan fingerprint density at radius 1 is 0.971 bits per heavy atom. The van der Waals surface area contributed by atoms with Gasteiger partial charge in [-0.1, -0.05) is 58.4 Å². The lowest BCUT2D eigenvalue weighted by Crippen LogP contribution is -2.66. The Morgan fingerprint density at radius 3 is 2.56 bits per heavy atom. The van der Waals surface area contributed by atoms with Crippen LogP contribution >= 0.6 is 15.9 Å². The third-order valence-corrected chi connectivity index (χ3v) is 7.77. The van der Waals surface area contributed by atoms with E-state index in [9.17, 15) is 9.59 Å². The van der Waals surface area contributed by atoms with Gasteiger partial charge in [-0.2, -0.15) is 0 Å². The first-order valence-corrected chi connectivity index (χ1v) is 12.4. The average molecular weight is 520 g/mol. The Bertz CT molecular complexity index is 1260. The number of carbonyl (C=O) groups excluding carboxylic acids is 2. The van der Waals surface area contributed by atoms with Crippen LogP contribution in [0.1, 0.15) is 12.0 Å². The van der Waals surface area contributed by atoms with E-state index in [1.54, 1.807) is 11.9 Å². The molecule has 3 fully saturated rings. The Balaban J connectivity index is 1.31. The Hall–Kier alpha value is -2.94. The molecular weight excluding hydrogens is 494 g/mol. The zero-order chi connectivity index (χ0) is 23.4. The number of nitrogens with zero attached hydrogens (tertiary/aromatic N) is 4. The lowest BCUT2D eigenvalue weighted by Gasteiger charge is -2.44. The summed E-state index contributed by atoms with van der Waals surface area (Å²) in [4.78, 5) is 34.8. The van der Waals surface area contributed by atoms with Crippen molar-refractivity contribution in [3.05, 3.63) is 76.8 Å². The standard InChI is InChI=1S/C26H26BrN5O2/c1-29-23-22(31-15-5-14-30(25(31)28-23)20-12-10-19(27)11-13-20)24(33)32(26(29)34)16-18-8-4-7-17-6-2-3-9-21(17)18/h2-4,6-13,22-23,25,28H,5,14-16H2,1H3. The van der Waals surface area contributed by atoms with Crippen molar-refractivity contribution < 1.29 is 9.59 Å². The van der Waals surface area contributed by atoms with Gasteiger partial charge in [-0.15, -0.1) is 0 Å². The number of amides is 3. The Morgan fingerprint density at radius 2 is 1.74 bits per heavy atom. The molecule has 3 aromatic rings. The number of fused-ring (bicyclic) bond motifs is 4. The molecule has 3 heterocycles. The number of nitrogens with one attached hydrogen (secondary N) is 1. The highest BCUT2D eigenvalue weighted by Crippen LogP contribution is 2.34. The maximum atomic E-state index is 13.8. The number of anilines is 1. The van der Waals surface area contributed by atoms with Crippen LogP contribution in [0.3, 0.4) is 0 Å². The molecule has 0 aliphatic carbocycles. The average Bonchev–Trinajstić information content (AvgIpc) is 3.26. The minimum Gasteiger partial charge on any atom is -0.343 e. The van der Waals surface area contributed by atoms with E-state index in [0.29, 0.717) is 0 Å². The molecule has 3 amide bonds. The van der Waals surface area contributed by atoms with Crippen LogP contribution in [0.15, 0.2) is 71.2 Å². The number of hydrogen-bond donors (Lipinski definition) is 1. The van der Waals surface area contributed by atoms with E-state index >= 15 is 0 Å².